The molecule has 0 atom stereocenters. The van der Waals surface area contributed by atoms with Gasteiger partial charge >= 0.3 is 0 Å². The summed E-state index contributed by atoms with van der Waals surface area (Å²) in [4.78, 5) is 12.0. The fraction of sp³-hybridized carbons (Fsp3) is 0.0667. The number of nitrogens with zero attached hydrogens (tertiary/aromatic N) is 1. The van der Waals surface area contributed by atoms with E-state index in [0.717, 1.165) is 3.57 Å². The van der Waals surface area contributed by atoms with E-state index in [2.05, 4.69) is 49.0 Å². The number of amides is 1. The van der Waals surface area contributed by atoms with E-state index in [9.17, 15) is 9.90 Å². The number of halogens is 3. The van der Waals surface area contributed by atoms with Crippen LogP contribution in [0.15, 0.2) is 39.9 Å². The Morgan fingerprint density at radius 1 is 1.43 bits per heavy atom. The molecule has 120 valence electrons. The van der Waals surface area contributed by atoms with Crippen molar-refractivity contribution in [2.45, 2.75) is 0 Å². The second kappa shape index (κ2) is 7.98. The highest BCUT2D eigenvalue weighted by Crippen LogP contribution is 2.32. The summed E-state index contributed by atoms with van der Waals surface area (Å²) in [5, 5.41) is 13.6. The summed E-state index contributed by atoms with van der Waals surface area (Å²) in [6, 6.07) is 8.27. The number of carbonyl (C=O) groups is 1. The third kappa shape index (κ3) is 4.58. The molecule has 2 rings (SSSR count). The van der Waals surface area contributed by atoms with Crippen molar-refractivity contribution in [3.05, 3.63) is 54.5 Å². The van der Waals surface area contributed by atoms with E-state index in [-0.39, 0.29) is 16.7 Å². The van der Waals surface area contributed by atoms with E-state index in [4.69, 9.17) is 16.3 Å². The average Bonchev–Trinajstić information content (AvgIpc) is 2.52. The molecule has 0 saturated heterocycles. The van der Waals surface area contributed by atoms with Gasteiger partial charge in [-0.25, -0.2) is 5.43 Å². The highest BCUT2D eigenvalue weighted by Gasteiger charge is 2.08. The van der Waals surface area contributed by atoms with Gasteiger partial charge in [0.2, 0.25) is 0 Å². The number of nitrogens with one attached hydrogen (secondary N) is 1. The van der Waals surface area contributed by atoms with Gasteiger partial charge in [-0.3, -0.25) is 4.79 Å². The third-order valence-corrected chi connectivity index (χ3v) is 4.62. The lowest BCUT2D eigenvalue weighted by Gasteiger charge is -2.05. The molecule has 0 aliphatic carbocycles. The van der Waals surface area contributed by atoms with Crippen LogP contribution in [-0.4, -0.2) is 24.3 Å². The van der Waals surface area contributed by atoms with Crippen molar-refractivity contribution in [1.29, 1.82) is 0 Å². The number of hydrazone groups is 1. The molecule has 0 aliphatic rings. The van der Waals surface area contributed by atoms with Gasteiger partial charge in [0.25, 0.3) is 5.91 Å². The van der Waals surface area contributed by atoms with Crippen molar-refractivity contribution in [2.75, 3.05) is 7.11 Å². The Balaban J connectivity index is 2.10. The largest absolute Gasteiger partial charge is 0.505 e. The van der Waals surface area contributed by atoms with Gasteiger partial charge in [-0.1, -0.05) is 11.6 Å². The molecule has 2 aromatic rings. The molecular weight excluding hydrogens is 498 g/mol. The number of phenols is 1. The Hall–Kier alpha value is -1.32. The Kier molecular flexibility index (Phi) is 6.25. The van der Waals surface area contributed by atoms with Crippen molar-refractivity contribution < 1.29 is 14.6 Å². The predicted molar refractivity (Wildman–Crippen MR) is 102 cm³/mol. The van der Waals surface area contributed by atoms with Crippen LogP contribution >= 0.6 is 50.1 Å². The lowest BCUT2D eigenvalue weighted by Crippen LogP contribution is -2.17. The molecule has 5 nitrogen and oxygen atoms in total. The van der Waals surface area contributed by atoms with E-state index >= 15 is 0 Å². The molecule has 2 N–H and O–H groups in total. The van der Waals surface area contributed by atoms with Gasteiger partial charge in [-0.15, -0.1) is 0 Å². The third-order valence-electron chi connectivity index (χ3n) is 2.83. The molecule has 0 radical (unpaired) electrons. The number of phenolic OH excluding ortho intramolecular Hbond substituents is 1. The molecule has 0 fully saturated rings. The fourth-order valence-electron chi connectivity index (χ4n) is 1.69. The number of aromatic hydroxyl groups is 1. The number of benzene rings is 2. The minimum absolute atomic E-state index is 0.0427. The SMILES string of the molecule is COc1cc(C(=O)N/N=C\c2cc(Cl)c(O)c(Br)c2)ccc1I. The van der Waals surface area contributed by atoms with Gasteiger partial charge in [-0.05, 0) is 74.4 Å². The summed E-state index contributed by atoms with van der Waals surface area (Å²) in [6.45, 7) is 0. The summed E-state index contributed by atoms with van der Waals surface area (Å²) in [5.74, 6) is 0.218. The summed E-state index contributed by atoms with van der Waals surface area (Å²) < 4.78 is 6.53. The minimum atomic E-state index is -0.361. The Bertz CT molecular complexity index is 760. The number of rotatable bonds is 4. The highest BCUT2D eigenvalue weighted by atomic mass is 127. The van der Waals surface area contributed by atoms with E-state index < -0.39 is 0 Å². The minimum Gasteiger partial charge on any atom is -0.505 e. The van der Waals surface area contributed by atoms with Crippen molar-refractivity contribution >= 4 is 62.2 Å². The lowest BCUT2D eigenvalue weighted by atomic mass is 10.2. The van der Waals surface area contributed by atoms with E-state index in [1.54, 1.807) is 31.4 Å². The zero-order valence-corrected chi connectivity index (χ0v) is 16.3. The molecule has 0 spiro atoms. The Morgan fingerprint density at radius 2 is 2.17 bits per heavy atom. The molecule has 2 aromatic carbocycles. The zero-order chi connectivity index (χ0) is 17.0. The fourth-order valence-corrected chi connectivity index (χ4v) is 3.07. The van der Waals surface area contributed by atoms with Crippen LogP contribution < -0.4 is 10.2 Å². The first kappa shape index (κ1) is 18.0. The Morgan fingerprint density at radius 3 is 2.83 bits per heavy atom. The number of methoxy groups -OCH3 is 1. The number of carbonyl (C=O) groups excluding carboxylic acids is 1. The summed E-state index contributed by atoms with van der Waals surface area (Å²) in [7, 11) is 1.55. The predicted octanol–water partition coefficient (Wildman–Crippen LogP) is 4.19. The van der Waals surface area contributed by atoms with Crippen molar-refractivity contribution in [2.24, 2.45) is 5.10 Å². The van der Waals surface area contributed by atoms with Gasteiger partial charge < -0.3 is 9.84 Å². The van der Waals surface area contributed by atoms with Crippen LogP contribution in [0.2, 0.25) is 5.02 Å². The molecule has 0 heterocycles. The number of hydrogen-bond acceptors (Lipinski definition) is 4. The first-order valence-electron chi connectivity index (χ1n) is 6.27. The second-order valence-corrected chi connectivity index (χ2v) is 6.81. The monoisotopic (exact) mass is 508 g/mol. The first-order chi connectivity index (χ1) is 10.9. The van der Waals surface area contributed by atoms with Gasteiger partial charge in [0.05, 0.1) is 26.4 Å². The molecule has 23 heavy (non-hydrogen) atoms. The highest BCUT2D eigenvalue weighted by molar-refractivity contribution is 14.1. The van der Waals surface area contributed by atoms with Crippen LogP contribution in [0.3, 0.4) is 0 Å². The molecular formula is C15H11BrClIN2O3. The Labute approximate surface area is 160 Å². The molecule has 8 heteroatoms. The zero-order valence-electron chi connectivity index (χ0n) is 11.8. The summed E-state index contributed by atoms with van der Waals surface area (Å²) in [5.41, 5.74) is 3.48. The first-order valence-corrected chi connectivity index (χ1v) is 8.52. The van der Waals surface area contributed by atoms with Crippen LogP contribution in [0.5, 0.6) is 11.5 Å². The van der Waals surface area contributed by atoms with Gasteiger partial charge in [-0.2, -0.15) is 5.10 Å². The molecule has 0 saturated carbocycles. The topological polar surface area (TPSA) is 70.9 Å². The maximum absolute atomic E-state index is 12.0. The van der Waals surface area contributed by atoms with Crippen molar-refractivity contribution in [3.63, 3.8) is 0 Å². The van der Waals surface area contributed by atoms with Crippen molar-refractivity contribution in [1.82, 2.24) is 5.43 Å². The van der Waals surface area contributed by atoms with Crippen LogP contribution in [0, 0.1) is 3.57 Å². The molecule has 0 bridgehead atoms. The van der Waals surface area contributed by atoms with Crippen LogP contribution in [-0.2, 0) is 0 Å². The lowest BCUT2D eigenvalue weighted by molar-refractivity contribution is 0.0954. The van der Waals surface area contributed by atoms with E-state index in [0.29, 0.717) is 21.3 Å². The average molecular weight is 510 g/mol. The van der Waals surface area contributed by atoms with Gasteiger partial charge in [0.15, 0.2) is 0 Å². The quantitative estimate of drug-likeness (QED) is 0.369. The molecule has 0 aromatic heterocycles. The molecule has 0 unspecified atom stereocenters. The standard InChI is InChI=1S/C15H11BrClIN2O3/c1-23-13-6-9(2-3-12(13)18)15(22)20-19-7-8-4-10(16)14(21)11(17)5-8/h2-7,21H,1H3,(H,20,22)/b19-7-. The van der Waals surface area contributed by atoms with Crippen LogP contribution in [0.25, 0.3) is 0 Å². The van der Waals surface area contributed by atoms with Gasteiger partial charge in [0.1, 0.15) is 11.5 Å². The maximum Gasteiger partial charge on any atom is 0.271 e. The number of ether oxygens (including phenoxy) is 1. The van der Waals surface area contributed by atoms with Crippen LogP contribution in [0.1, 0.15) is 15.9 Å². The number of hydrogen-bond donors (Lipinski definition) is 2. The smallest absolute Gasteiger partial charge is 0.271 e. The maximum atomic E-state index is 12.0. The summed E-state index contributed by atoms with van der Waals surface area (Å²) >= 11 is 11.2. The van der Waals surface area contributed by atoms with E-state index in [1.807, 2.05) is 0 Å². The normalized spacial score (nSPS) is 10.8. The van der Waals surface area contributed by atoms with Gasteiger partial charge in [0, 0.05) is 5.56 Å². The second-order valence-electron chi connectivity index (χ2n) is 4.38. The molecule has 0 aliphatic heterocycles. The van der Waals surface area contributed by atoms with Crippen molar-refractivity contribution in [3.8, 4) is 11.5 Å². The molecule has 1 amide bonds. The van der Waals surface area contributed by atoms with E-state index in [1.165, 1.54) is 12.3 Å². The van der Waals surface area contributed by atoms with Crippen LogP contribution in [0.4, 0.5) is 0 Å². The summed E-state index contributed by atoms with van der Waals surface area (Å²) in [6.07, 6.45) is 1.43.